The van der Waals surface area contributed by atoms with E-state index in [9.17, 15) is 9.59 Å². The summed E-state index contributed by atoms with van der Waals surface area (Å²) in [6, 6.07) is 3.67. The van der Waals surface area contributed by atoms with Gasteiger partial charge in [-0.25, -0.2) is 4.98 Å². The lowest BCUT2D eigenvalue weighted by molar-refractivity contribution is -0.00627. The highest BCUT2D eigenvalue weighted by molar-refractivity contribution is 6.05. The van der Waals surface area contributed by atoms with E-state index in [1.54, 1.807) is 33.5 Å². The number of rotatable bonds is 6. The lowest BCUT2D eigenvalue weighted by Crippen LogP contribution is -2.28. The maximum absolute atomic E-state index is 13.4. The molecule has 3 aromatic rings. The second-order valence-corrected chi connectivity index (χ2v) is 11.0. The standard InChI is InChI=1S/C26H29N5O4/c1-25-9-10-26(14-25,15-34-25)20-13-30-12-18(22(29-24(30)28-20)35-17-4-2-5-17)21(32)27-19-6-3-11-31(23(19)33)16-7-8-16/h3,6,11-13,16-17H,2,4-5,7-10,14-15H2,1H3,(H,27,32)/t25-,26-/m0/s1. The Hall–Kier alpha value is -3.20. The van der Waals surface area contributed by atoms with Gasteiger partial charge in [-0.3, -0.25) is 14.0 Å². The van der Waals surface area contributed by atoms with Crippen LogP contribution in [0.3, 0.4) is 0 Å². The molecule has 182 valence electrons. The zero-order chi connectivity index (χ0) is 23.8. The first-order valence-electron chi connectivity index (χ1n) is 12.6. The van der Waals surface area contributed by atoms with E-state index in [2.05, 4.69) is 17.2 Å². The van der Waals surface area contributed by atoms with Crippen LogP contribution in [0.1, 0.15) is 80.4 Å². The highest BCUT2D eigenvalue weighted by Crippen LogP contribution is 2.53. The van der Waals surface area contributed by atoms with Gasteiger partial charge >= 0.3 is 0 Å². The molecule has 9 heteroatoms. The molecule has 4 heterocycles. The van der Waals surface area contributed by atoms with Crippen LogP contribution in [0.5, 0.6) is 5.88 Å². The second kappa shape index (κ2) is 7.40. The molecule has 9 nitrogen and oxygen atoms in total. The van der Waals surface area contributed by atoms with Crippen LogP contribution in [0.15, 0.2) is 35.5 Å². The summed E-state index contributed by atoms with van der Waals surface area (Å²) in [5, 5.41) is 2.81. The van der Waals surface area contributed by atoms with Crippen molar-refractivity contribution in [3.8, 4) is 5.88 Å². The van der Waals surface area contributed by atoms with Crippen molar-refractivity contribution >= 4 is 17.4 Å². The number of nitrogens with zero attached hydrogens (tertiary/aromatic N) is 4. The minimum Gasteiger partial charge on any atom is -0.474 e. The van der Waals surface area contributed by atoms with Crippen LogP contribution in [-0.4, -0.2) is 43.2 Å². The lowest BCUT2D eigenvalue weighted by atomic mass is 9.84. The first-order valence-corrected chi connectivity index (χ1v) is 12.6. The van der Waals surface area contributed by atoms with Gasteiger partial charge in [-0.05, 0) is 70.4 Å². The molecule has 1 N–H and O–H groups in total. The van der Waals surface area contributed by atoms with Gasteiger partial charge in [0.15, 0.2) is 0 Å². The number of imidazole rings is 1. The van der Waals surface area contributed by atoms with Crippen molar-refractivity contribution in [3.63, 3.8) is 0 Å². The molecule has 1 aliphatic heterocycles. The number of ether oxygens (including phenoxy) is 2. The molecule has 2 bridgehead atoms. The van der Waals surface area contributed by atoms with E-state index in [0.29, 0.717) is 17.9 Å². The van der Waals surface area contributed by atoms with E-state index in [-0.39, 0.29) is 40.3 Å². The van der Waals surface area contributed by atoms with E-state index in [0.717, 1.165) is 57.1 Å². The third-order valence-corrected chi connectivity index (χ3v) is 8.24. The number of fused-ring (bicyclic) bond motifs is 3. The Labute approximate surface area is 202 Å². The SMILES string of the molecule is C[C@@]12CC[C@@](c3cn4cc(C(=O)Nc5cccn(C6CC6)c5=O)c(OC5CCC5)nc4n3)(CO1)C2. The van der Waals surface area contributed by atoms with Gasteiger partial charge in [0.25, 0.3) is 11.5 Å². The second-order valence-electron chi connectivity index (χ2n) is 11.0. The number of aromatic nitrogens is 4. The molecule has 0 unspecified atom stereocenters. The molecule has 0 aromatic carbocycles. The zero-order valence-corrected chi connectivity index (χ0v) is 19.8. The van der Waals surface area contributed by atoms with E-state index in [1.807, 2.05) is 6.20 Å². The summed E-state index contributed by atoms with van der Waals surface area (Å²) >= 11 is 0. The fourth-order valence-electron chi connectivity index (χ4n) is 5.74. The Balaban J connectivity index is 1.25. The summed E-state index contributed by atoms with van der Waals surface area (Å²) in [4.78, 5) is 35.8. The third kappa shape index (κ3) is 3.47. The minimum atomic E-state index is -0.412. The summed E-state index contributed by atoms with van der Waals surface area (Å²) in [6.45, 7) is 2.83. The number of nitrogens with one attached hydrogen (secondary N) is 1. The number of anilines is 1. The maximum Gasteiger partial charge on any atom is 0.274 e. The molecule has 1 saturated heterocycles. The predicted molar refractivity (Wildman–Crippen MR) is 128 cm³/mol. The highest BCUT2D eigenvalue weighted by atomic mass is 16.5. The molecule has 4 aliphatic rings. The van der Waals surface area contributed by atoms with Crippen molar-refractivity contribution in [2.45, 2.75) is 81.5 Å². The van der Waals surface area contributed by atoms with Crippen molar-refractivity contribution in [1.29, 1.82) is 0 Å². The first-order chi connectivity index (χ1) is 16.9. The third-order valence-electron chi connectivity index (χ3n) is 8.24. The number of hydrogen-bond donors (Lipinski definition) is 1. The molecule has 2 atom stereocenters. The van der Waals surface area contributed by atoms with E-state index in [4.69, 9.17) is 14.5 Å². The van der Waals surface area contributed by atoms with E-state index >= 15 is 0 Å². The van der Waals surface area contributed by atoms with Gasteiger partial charge in [0.05, 0.1) is 17.9 Å². The van der Waals surface area contributed by atoms with Gasteiger partial charge in [-0.15, -0.1) is 0 Å². The van der Waals surface area contributed by atoms with Gasteiger partial charge in [-0.2, -0.15) is 4.98 Å². The monoisotopic (exact) mass is 475 g/mol. The number of carbonyl (C=O) groups excluding carboxylic acids is 1. The zero-order valence-electron chi connectivity index (χ0n) is 19.8. The van der Waals surface area contributed by atoms with Crippen LogP contribution in [0.25, 0.3) is 5.78 Å². The first kappa shape index (κ1) is 21.1. The Morgan fingerprint density at radius 2 is 2.06 bits per heavy atom. The molecule has 4 fully saturated rings. The topological polar surface area (TPSA) is 99.8 Å². The maximum atomic E-state index is 13.4. The average Bonchev–Trinajstić information content (AvgIpc) is 3.34. The molecule has 0 radical (unpaired) electrons. The fourth-order valence-corrected chi connectivity index (χ4v) is 5.74. The summed E-state index contributed by atoms with van der Waals surface area (Å²) < 4.78 is 15.7. The van der Waals surface area contributed by atoms with Crippen molar-refractivity contribution < 1.29 is 14.3 Å². The predicted octanol–water partition coefficient (Wildman–Crippen LogP) is 3.62. The van der Waals surface area contributed by atoms with Crippen LogP contribution in [0.4, 0.5) is 5.69 Å². The van der Waals surface area contributed by atoms with E-state index < -0.39 is 5.91 Å². The summed E-state index contributed by atoms with van der Waals surface area (Å²) in [5.74, 6) is 0.369. The lowest BCUT2D eigenvalue weighted by Gasteiger charge is -2.26. The van der Waals surface area contributed by atoms with Gasteiger partial charge in [-0.1, -0.05) is 0 Å². The molecule has 1 amide bonds. The van der Waals surface area contributed by atoms with Crippen LogP contribution >= 0.6 is 0 Å². The van der Waals surface area contributed by atoms with Crippen molar-refractivity contribution in [1.82, 2.24) is 18.9 Å². The van der Waals surface area contributed by atoms with Gasteiger partial charge < -0.3 is 19.4 Å². The van der Waals surface area contributed by atoms with Crippen molar-refractivity contribution in [2.24, 2.45) is 0 Å². The van der Waals surface area contributed by atoms with Gasteiger partial charge in [0.2, 0.25) is 11.7 Å². The smallest absolute Gasteiger partial charge is 0.274 e. The minimum absolute atomic E-state index is 0.0483. The largest absolute Gasteiger partial charge is 0.474 e. The number of amides is 1. The molecule has 3 aromatic heterocycles. The normalized spacial score (nSPS) is 27.8. The summed E-state index contributed by atoms with van der Waals surface area (Å²) in [7, 11) is 0. The number of hydrogen-bond acceptors (Lipinski definition) is 6. The van der Waals surface area contributed by atoms with E-state index in [1.165, 1.54) is 0 Å². The van der Waals surface area contributed by atoms with Crippen molar-refractivity contribution in [2.75, 3.05) is 11.9 Å². The highest BCUT2D eigenvalue weighted by Gasteiger charge is 2.55. The van der Waals surface area contributed by atoms with Gasteiger partial charge in [0, 0.05) is 30.0 Å². The number of pyridine rings is 1. The summed E-state index contributed by atoms with van der Waals surface area (Å²) in [6.07, 6.45) is 13.5. The Morgan fingerprint density at radius 1 is 1.20 bits per heavy atom. The molecule has 0 spiro atoms. The van der Waals surface area contributed by atoms with Crippen LogP contribution in [0, 0.1) is 0 Å². The summed E-state index contributed by atoms with van der Waals surface area (Å²) in [5.41, 5.74) is 1.15. The van der Waals surface area contributed by atoms with Gasteiger partial charge in [0.1, 0.15) is 17.4 Å². The Bertz CT molecular complexity index is 1390. The van der Waals surface area contributed by atoms with Crippen molar-refractivity contribution in [3.05, 3.63) is 52.3 Å². The number of carbonyl (C=O) groups is 1. The molecular formula is C26H29N5O4. The Morgan fingerprint density at radius 3 is 2.71 bits per heavy atom. The molecule has 7 rings (SSSR count). The average molecular weight is 476 g/mol. The van der Waals surface area contributed by atoms with Crippen LogP contribution < -0.4 is 15.6 Å². The van der Waals surface area contributed by atoms with Crippen LogP contribution in [0.2, 0.25) is 0 Å². The fraction of sp³-hybridized carbons (Fsp3) is 0.538. The van der Waals surface area contributed by atoms with Crippen LogP contribution in [-0.2, 0) is 10.2 Å². The molecule has 3 aliphatic carbocycles. The molecular weight excluding hydrogens is 446 g/mol. The molecule has 3 saturated carbocycles. The molecule has 35 heavy (non-hydrogen) atoms. The Kier molecular flexibility index (Phi) is 4.46. The quantitative estimate of drug-likeness (QED) is 0.585.